The lowest BCUT2D eigenvalue weighted by Gasteiger charge is -2.38. The maximum Gasteiger partial charge on any atom is 0.262 e. The summed E-state index contributed by atoms with van der Waals surface area (Å²) >= 11 is 1.70. The predicted molar refractivity (Wildman–Crippen MR) is 144 cm³/mol. The van der Waals surface area contributed by atoms with E-state index < -0.39 is 0 Å². The van der Waals surface area contributed by atoms with Gasteiger partial charge in [-0.1, -0.05) is 24.3 Å². The Labute approximate surface area is 216 Å². The van der Waals surface area contributed by atoms with E-state index >= 15 is 0 Å². The second-order valence-electron chi connectivity index (χ2n) is 9.55. The van der Waals surface area contributed by atoms with E-state index in [4.69, 9.17) is 0 Å². The number of aromatic nitrogens is 2. The standard InChI is InChI=1S/C25H31N5OS.ClH.2H2O/c1-27-9-8-20-22(16-27)32-24-23(20)25(31)30(17-26-24)15-12-28-10-13-29(14-11-28)21-7-6-18-4-2-3-5-19(18)21;;;/h2-5,17,21H,6-16H2,1H3;1H;2*1H2. The Morgan fingerprint density at radius 3 is 2.60 bits per heavy atom. The fraction of sp³-hybridized carbons (Fsp3) is 0.520. The summed E-state index contributed by atoms with van der Waals surface area (Å²) < 4.78 is 1.84. The van der Waals surface area contributed by atoms with Crippen molar-refractivity contribution in [3.63, 3.8) is 0 Å². The summed E-state index contributed by atoms with van der Waals surface area (Å²) in [7, 11) is 2.14. The molecule has 1 saturated heterocycles. The summed E-state index contributed by atoms with van der Waals surface area (Å²) in [6.45, 7) is 7.95. The zero-order valence-corrected chi connectivity index (χ0v) is 21.8. The number of aryl methyl sites for hydroxylation is 1. The molecule has 0 spiro atoms. The summed E-state index contributed by atoms with van der Waals surface area (Å²) in [5.74, 6) is 0. The molecule has 1 unspecified atom stereocenters. The van der Waals surface area contributed by atoms with E-state index in [0.29, 0.717) is 6.04 Å². The van der Waals surface area contributed by atoms with E-state index in [1.165, 1.54) is 34.4 Å². The van der Waals surface area contributed by atoms with Crippen LogP contribution in [0.1, 0.15) is 34.0 Å². The van der Waals surface area contributed by atoms with E-state index in [0.717, 1.165) is 69.0 Å². The normalized spacial score (nSPS) is 20.4. The second kappa shape index (κ2) is 11.5. The van der Waals surface area contributed by atoms with Crippen molar-refractivity contribution in [2.45, 2.75) is 38.4 Å². The number of benzene rings is 1. The SMILES string of the molecule is CN1CCc2c(sc3ncn(CCN4CCN(C5CCc6ccccc65)CC4)c(=O)c23)C1.Cl.O.O. The molecule has 2 aromatic heterocycles. The van der Waals surface area contributed by atoms with Crippen LogP contribution in [0.4, 0.5) is 0 Å². The molecular formula is C25H36ClN5O3S. The van der Waals surface area contributed by atoms with Crippen molar-refractivity contribution in [3.05, 3.63) is 62.5 Å². The number of rotatable bonds is 4. The Bertz CT molecular complexity index is 1210. The molecule has 0 amide bonds. The third kappa shape index (κ3) is 5.17. The maximum atomic E-state index is 13.2. The zero-order valence-electron chi connectivity index (χ0n) is 20.2. The molecule has 6 rings (SSSR count). The molecule has 0 radical (unpaired) electrons. The number of hydrogen-bond acceptors (Lipinski definition) is 6. The fourth-order valence-corrected chi connectivity index (χ4v) is 7.03. The van der Waals surface area contributed by atoms with Crippen LogP contribution >= 0.6 is 23.7 Å². The van der Waals surface area contributed by atoms with Crippen LogP contribution in [-0.4, -0.2) is 81.5 Å². The minimum atomic E-state index is 0. The monoisotopic (exact) mass is 521 g/mol. The number of hydrogen-bond donors (Lipinski definition) is 0. The molecule has 1 aromatic carbocycles. The topological polar surface area (TPSA) is 108 Å². The van der Waals surface area contributed by atoms with Crippen molar-refractivity contribution in [2.24, 2.45) is 0 Å². The smallest absolute Gasteiger partial charge is 0.262 e. The minimum Gasteiger partial charge on any atom is -0.412 e. The third-order valence-corrected chi connectivity index (χ3v) is 8.75. The van der Waals surface area contributed by atoms with Gasteiger partial charge in [-0.25, -0.2) is 4.98 Å². The van der Waals surface area contributed by atoms with Crippen molar-refractivity contribution in [2.75, 3.05) is 46.3 Å². The molecule has 4 N–H and O–H groups in total. The molecule has 8 nitrogen and oxygen atoms in total. The van der Waals surface area contributed by atoms with E-state index in [2.05, 4.69) is 51.0 Å². The van der Waals surface area contributed by atoms with Gasteiger partial charge in [0.05, 0.1) is 11.7 Å². The van der Waals surface area contributed by atoms with E-state index in [9.17, 15) is 4.79 Å². The highest BCUT2D eigenvalue weighted by Gasteiger charge is 2.30. The van der Waals surface area contributed by atoms with Gasteiger partial charge in [-0.05, 0) is 43.0 Å². The van der Waals surface area contributed by atoms with Crippen LogP contribution in [0.5, 0.6) is 0 Å². The van der Waals surface area contributed by atoms with Crippen LogP contribution in [0.3, 0.4) is 0 Å². The van der Waals surface area contributed by atoms with Gasteiger partial charge in [-0.3, -0.25) is 19.2 Å². The second-order valence-corrected chi connectivity index (χ2v) is 10.6. The van der Waals surface area contributed by atoms with Gasteiger partial charge in [-0.15, -0.1) is 23.7 Å². The van der Waals surface area contributed by atoms with Crippen molar-refractivity contribution < 1.29 is 11.0 Å². The van der Waals surface area contributed by atoms with Gasteiger partial charge in [0.1, 0.15) is 4.83 Å². The highest BCUT2D eigenvalue weighted by Crippen LogP contribution is 2.36. The Morgan fingerprint density at radius 2 is 1.80 bits per heavy atom. The summed E-state index contributed by atoms with van der Waals surface area (Å²) in [5.41, 5.74) is 4.47. The molecule has 1 aliphatic carbocycles. The quantitative estimate of drug-likeness (QED) is 0.517. The first-order valence-corrected chi connectivity index (χ1v) is 12.7. The first-order valence-electron chi connectivity index (χ1n) is 11.9. The highest BCUT2D eigenvalue weighted by molar-refractivity contribution is 7.18. The number of halogens is 1. The number of nitrogens with zero attached hydrogens (tertiary/aromatic N) is 5. The van der Waals surface area contributed by atoms with Gasteiger partial charge < -0.3 is 15.9 Å². The van der Waals surface area contributed by atoms with Crippen LogP contribution in [-0.2, 0) is 25.9 Å². The molecule has 0 saturated carbocycles. The van der Waals surface area contributed by atoms with Crippen LogP contribution < -0.4 is 5.56 Å². The number of piperazine rings is 1. The van der Waals surface area contributed by atoms with Gasteiger partial charge in [0.2, 0.25) is 0 Å². The molecule has 0 bridgehead atoms. The van der Waals surface area contributed by atoms with Crippen molar-refractivity contribution in [1.29, 1.82) is 0 Å². The summed E-state index contributed by atoms with van der Waals surface area (Å²) in [6.07, 6.45) is 5.18. The molecule has 4 heterocycles. The average molecular weight is 522 g/mol. The molecule has 35 heavy (non-hydrogen) atoms. The summed E-state index contributed by atoms with van der Waals surface area (Å²) in [4.78, 5) is 27.6. The van der Waals surface area contributed by atoms with E-state index in [-0.39, 0.29) is 28.9 Å². The Balaban J connectivity index is 0.00000114. The summed E-state index contributed by atoms with van der Waals surface area (Å²) in [5, 5.41) is 0.880. The third-order valence-electron chi connectivity index (χ3n) is 7.62. The molecular weight excluding hydrogens is 486 g/mol. The van der Waals surface area contributed by atoms with Gasteiger partial charge in [0, 0.05) is 63.3 Å². The molecule has 1 fully saturated rings. The molecule has 10 heteroatoms. The Morgan fingerprint density at radius 1 is 1.03 bits per heavy atom. The lowest BCUT2D eigenvalue weighted by molar-refractivity contribution is 0.0936. The van der Waals surface area contributed by atoms with E-state index in [1.807, 2.05) is 4.57 Å². The first-order chi connectivity index (χ1) is 15.7. The average Bonchev–Trinajstić information content (AvgIpc) is 3.40. The Kier molecular flexibility index (Phi) is 9.09. The lowest BCUT2D eigenvalue weighted by atomic mass is 10.1. The number of thiophene rings is 1. The van der Waals surface area contributed by atoms with Gasteiger partial charge in [0.15, 0.2) is 0 Å². The minimum absolute atomic E-state index is 0. The van der Waals surface area contributed by atoms with Crippen LogP contribution in [0, 0.1) is 0 Å². The lowest BCUT2D eigenvalue weighted by Crippen LogP contribution is -2.48. The van der Waals surface area contributed by atoms with Gasteiger partial charge in [0.25, 0.3) is 5.56 Å². The van der Waals surface area contributed by atoms with Crippen molar-refractivity contribution >= 4 is 34.0 Å². The molecule has 192 valence electrons. The van der Waals surface area contributed by atoms with Gasteiger partial charge in [-0.2, -0.15) is 0 Å². The van der Waals surface area contributed by atoms with Crippen molar-refractivity contribution in [1.82, 2.24) is 24.3 Å². The zero-order chi connectivity index (χ0) is 21.7. The first kappa shape index (κ1) is 27.7. The van der Waals surface area contributed by atoms with Crippen LogP contribution in [0.15, 0.2) is 35.4 Å². The van der Waals surface area contributed by atoms with Crippen molar-refractivity contribution in [3.8, 4) is 0 Å². The number of fused-ring (bicyclic) bond motifs is 4. The van der Waals surface area contributed by atoms with Crippen LogP contribution in [0.25, 0.3) is 10.2 Å². The number of likely N-dealkylation sites (N-methyl/N-ethyl adjacent to an activating group) is 1. The van der Waals surface area contributed by atoms with Gasteiger partial charge >= 0.3 is 0 Å². The van der Waals surface area contributed by atoms with E-state index in [1.54, 1.807) is 17.7 Å². The molecule has 2 aliphatic heterocycles. The van der Waals surface area contributed by atoms with Crippen LogP contribution in [0.2, 0.25) is 0 Å². The predicted octanol–water partition coefficient (Wildman–Crippen LogP) is 1.52. The molecule has 1 atom stereocenters. The summed E-state index contributed by atoms with van der Waals surface area (Å²) in [6, 6.07) is 9.54. The fourth-order valence-electron chi connectivity index (χ4n) is 5.77. The molecule has 3 aromatic rings. The highest BCUT2D eigenvalue weighted by atomic mass is 35.5. The maximum absolute atomic E-state index is 13.2. The Hall–Kier alpha value is -1.85. The largest absolute Gasteiger partial charge is 0.412 e. The molecule has 3 aliphatic rings.